The van der Waals surface area contributed by atoms with E-state index in [0.717, 1.165) is 12.2 Å². The number of aryl methyl sites for hydroxylation is 1. The van der Waals surface area contributed by atoms with Crippen LogP contribution >= 0.6 is 33.9 Å². The van der Waals surface area contributed by atoms with Crippen molar-refractivity contribution in [3.05, 3.63) is 43.4 Å². The summed E-state index contributed by atoms with van der Waals surface area (Å²) in [4.78, 5) is 4.70. The van der Waals surface area contributed by atoms with E-state index in [1.807, 2.05) is 0 Å². The third kappa shape index (κ3) is 3.92. The van der Waals surface area contributed by atoms with Crippen LogP contribution in [0.25, 0.3) is 0 Å². The molecule has 0 bridgehead atoms. The monoisotopic (exact) mass is 386 g/mol. The molecule has 2 nitrogen and oxygen atoms in total. The van der Waals surface area contributed by atoms with Gasteiger partial charge in [0.25, 0.3) is 0 Å². The van der Waals surface area contributed by atoms with Crippen molar-refractivity contribution < 1.29 is 0 Å². The molecule has 102 valence electrons. The molecule has 2 aromatic rings. The minimum Gasteiger partial charge on any atom is -0.379 e. The van der Waals surface area contributed by atoms with Crippen molar-refractivity contribution >= 4 is 39.6 Å². The van der Waals surface area contributed by atoms with E-state index in [0.29, 0.717) is 0 Å². The molecular weight excluding hydrogens is 367 g/mol. The lowest BCUT2D eigenvalue weighted by Crippen LogP contribution is -2.11. The molecule has 1 N–H and O–H groups in total. The molecule has 1 heterocycles. The number of hydrogen-bond acceptors (Lipinski definition) is 3. The zero-order valence-electron chi connectivity index (χ0n) is 11.7. The molecule has 0 spiro atoms. The Morgan fingerprint density at radius 1 is 1.32 bits per heavy atom. The fourth-order valence-corrected chi connectivity index (χ4v) is 3.30. The Balaban J connectivity index is 2.04. The van der Waals surface area contributed by atoms with Gasteiger partial charge in [-0.2, -0.15) is 0 Å². The Hall–Kier alpha value is -0.620. The Bertz CT molecular complexity index is 570. The summed E-state index contributed by atoms with van der Waals surface area (Å²) in [5.74, 6) is 0. The van der Waals surface area contributed by atoms with E-state index in [-0.39, 0.29) is 5.41 Å². The number of nitrogens with zero attached hydrogens (tertiary/aromatic N) is 1. The van der Waals surface area contributed by atoms with Crippen molar-refractivity contribution in [3.63, 3.8) is 0 Å². The van der Waals surface area contributed by atoms with Crippen molar-refractivity contribution in [2.45, 2.75) is 39.7 Å². The van der Waals surface area contributed by atoms with Gasteiger partial charge in [0.1, 0.15) is 0 Å². The molecule has 0 aliphatic carbocycles. The van der Waals surface area contributed by atoms with E-state index in [1.165, 1.54) is 19.8 Å². The molecule has 19 heavy (non-hydrogen) atoms. The van der Waals surface area contributed by atoms with E-state index in [1.54, 1.807) is 11.3 Å². The van der Waals surface area contributed by atoms with Crippen LogP contribution in [-0.2, 0) is 12.0 Å². The normalized spacial score (nSPS) is 11.6. The second-order valence-electron chi connectivity index (χ2n) is 5.71. The summed E-state index contributed by atoms with van der Waals surface area (Å²) < 4.78 is 1.27. The molecule has 4 heteroatoms. The number of rotatable bonds is 3. The summed E-state index contributed by atoms with van der Waals surface area (Å²) in [6, 6.07) is 6.44. The summed E-state index contributed by atoms with van der Waals surface area (Å²) in [6.45, 7) is 9.52. The van der Waals surface area contributed by atoms with Crippen molar-refractivity contribution in [1.29, 1.82) is 0 Å². The first kappa shape index (κ1) is 14.8. The molecule has 0 saturated heterocycles. The molecule has 1 aromatic carbocycles. The van der Waals surface area contributed by atoms with Gasteiger partial charge in [-0.1, -0.05) is 20.8 Å². The van der Waals surface area contributed by atoms with Gasteiger partial charge in [-0.05, 0) is 53.3 Å². The van der Waals surface area contributed by atoms with Crippen LogP contribution in [0.5, 0.6) is 0 Å². The molecule has 1 aromatic heterocycles. The number of benzene rings is 1. The van der Waals surface area contributed by atoms with Crippen LogP contribution < -0.4 is 5.32 Å². The Kier molecular flexibility index (Phi) is 4.50. The second kappa shape index (κ2) is 5.79. The highest BCUT2D eigenvalue weighted by Crippen LogP contribution is 2.26. The van der Waals surface area contributed by atoms with E-state index < -0.39 is 0 Å². The van der Waals surface area contributed by atoms with Gasteiger partial charge in [-0.25, -0.2) is 4.98 Å². The van der Waals surface area contributed by atoms with Crippen molar-refractivity contribution in [1.82, 2.24) is 4.98 Å². The van der Waals surface area contributed by atoms with Gasteiger partial charge in [0.15, 0.2) is 0 Å². The highest BCUT2D eigenvalue weighted by molar-refractivity contribution is 14.1. The SMILES string of the molecule is Cc1cc(I)ccc1NCc1csc(C(C)(C)C)n1. The molecule has 0 unspecified atom stereocenters. The average molecular weight is 386 g/mol. The molecule has 0 aliphatic heterocycles. The lowest BCUT2D eigenvalue weighted by atomic mass is 9.98. The molecule has 0 saturated carbocycles. The number of hydrogen-bond donors (Lipinski definition) is 1. The van der Waals surface area contributed by atoms with Gasteiger partial charge in [-0.15, -0.1) is 11.3 Å². The van der Waals surface area contributed by atoms with Crippen LogP contribution in [0.2, 0.25) is 0 Å². The summed E-state index contributed by atoms with van der Waals surface area (Å²) in [7, 11) is 0. The van der Waals surface area contributed by atoms with Gasteiger partial charge in [-0.3, -0.25) is 0 Å². The number of anilines is 1. The van der Waals surface area contributed by atoms with Crippen LogP contribution in [0.1, 0.15) is 37.0 Å². The van der Waals surface area contributed by atoms with Crippen molar-refractivity contribution in [2.24, 2.45) is 0 Å². The molecular formula is C15H19IN2S. The van der Waals surface area contributed by atoms with Crippen LogP contribution in [-0.4, -0.2) is 4.98 Å². The standard InChI is InChI=1S/C15H19IN2S/c1-10-7-11(16)5-6-13(10)17-8-12-9-19-14(18-12)15(2,3)4/h5-7,9,17H,8H2,1-4H3. The predicted molar refractivity (Wildman–Crippen MR) is 92.0 cm³/mol. The Labute approximate surface area is 132 Å². The Morgan fingerprint density at radius 2 is 2.05 bits per heavy atom. The van der Waals surface area contributed by atoms with Gasteiger partial charge >= 0.3 is 0 Å². The van der Waals surface area contributed by atoms with E-state index in [4.69, 9.17) is 4.98 Å². The Morgan fingerprint density at radius 3 is 2.63 bits per heavy atom. The number of aromatic nitrogens is 1. The fraction of sp³-hybridized carbons (Fsp3) is 0.400. The molecule has 0 fully saturated rings. The highest BCUT2D eigenvalue weighted by Gasteiger charge is 2.17. The summed E-state index contributed by atoms with van der Waals surface area (Å²) >= 11 is 4.08. The first-order valence-electron chi connectivity index (χ1n) is 6.31. The van der Waals surface area contributed by atoms with Crippen LogP contribution in [0.15, 0.2) is 23.6 Å². The van der Waals surface area contributed by atoms with E-state index >= 15 is 0 Å². The quantitative estimate of drug-likeness (QED) is 0.754. The zero-order valence-corrected chi connectivity index (χ0v) is 14.7. The third-order valence-electron chi connectivity index (χ3n) is 2.84. The van der Waals surface area contributed by atoms with Gasteiger partial charge in [0, 0.05) is 20.1 Å². The van der Waals surface area contributed by atoms with E-state index in [2.05, 4.69) is 79.2 Å². The minimum absolute atomic E-state index is 0.141. The topological polar surface area (TPSA) is 24.9 Å². The minimum atomic E-state index is 0.141. The van der Waals surface area contributed by atoms with Crippen molar-refractivity contribution in [2.75, 3.05) is 5.32 Å². The second-order valence-corrected chi connectivity index (χ2v) is 7.81. The first-order chi connectivity index (χ1) is 8.86. The van der Waals surface area contributed by atoms with Crippen molar-refractivity contribution in [3.8, 4) is 0 Å². The van der Waals surface area contributed by atoms with Crippen LogP contribution in [0.4, 0.5) is 5.69 Å². The third-order valence-corrected chi connectivity index (χ3v) is 4.83. The maximum Gasteiger partial charge on any atom is 0.0982 e. The maximum atomic E-state index is 4.70. The van der Waals surface area contributed by atoms with E-state index in [9.17, 15) is 0 Å². The maximum absolute atomic E-state index is 4.70. The lowest BCUT2D eigenvalue weighted by molar-refractivity contribution is 0.583. The lowest BCUT2D eigenvalue weighted by Gasteiger charge is -2.13. The number of halogens is 1. The molecule has 0 radical (unpaired) electrons. The number of nitrogens with one attached hydrogen (secondary N) is 1. The summed E-state index contributed by atoms with van der Waals surface area (Å²) in [5.41, 5.74) is 3.72. The molecule has 0 atom stereocenters. The highest BCUT2D eigenvalue weighted by atomic mass is 127. The zero-order chi connectivity index (χ0) is 14.0. The summed E-state index contributed by atoms with van der Waals surface area (Å²) in [6.07, 6.45) is 0. The predicted octanol–water partition coefficient (Wildman–Crippen LogP) is 4.97. The largest absolute Gasteiger partial charge is 0.379 e. The molecule has 0 amide bonds. The van der Waals surface area contributed by atoms with Gasteiger partial charge in [0.05, 0.1) is 17.2 Å². The fourth-order valence-electron chi connectivity index (χ4n) is 1.74. The van der Waals surface area contributed by atoms with Gasteiger partial charge < -0.3 is 5.32 Å². The number of thiazole rings is 1. The molecule has 0 aliphatic rings. The first-order valence-corrected chi connectivity index (χ1v) is 8.27. The smallest absolute Gasteiger partial charge is 0.0982 e. The summed E-state index contributed by atoms with van der Waals surface area (Å²) in [5, 5.41) is 6.81. The van der Waals surface area contributed by atoms with Crippen LogP contribution in [0.3, 0.4) is 0 Å². The van der Waals surface area contributed by atoms with Crippen LogP contribution in [0, 0.1) is 10.5 Å². The average Bonchev–Trinajstić information content (AvgIpc) is 2.76. The van der Waals surface area contributed by atoms with Gasteiger partial charge in [0.2, 0.25) is 0 Å². The molecule has 2 rings (SSSR count).